The lowest BCUT2D eigenvalue weighted by molar-refractivity contribution is 0.00578. The van der Waals surface area contributed by atoms with Crippen molar-refractivity contribution in [1.29, 1.82) is 0 Å². The van der Waals surface area contributed by atoms with E-state index in [0.29, 0.717) is 5.59 Å². The molecular weight excluding hydrogens is 267 g/mol. The van der Waals surface area contributed by atoms with E-state index < -0.39 is 7.12 Å². The lowest BCUT2D eigenvalue weighted by Gasteiger charge is -2.32. The van der Waals surface area contributed by atoms with Gasteiger partial charge in [0.15, 0.2) is 0 Å². The molecule has 0 bridgehead atoms. The molecular formula is C15H23BN2O3. The molecule has 5 nitrogen and oxygen atoms in total. The summed E-state index contributed by atoms with van der Waals surface area (Å²) >= 11 is 0. The summed E-state index contributed by atoms with van der Waals surface area (Å²) in [6.07, 6.45) is 6.95. The zero-order valence-corrected chi connectivity index (χ0v) is 13.3. The number of nitrogens with zero attached hydrogens (tertiary/aromatic N) is 2. The fourth-order valence-corrected chi connectivity index (χ4v) is 2.57. The van der Waals surface area contributed by atoms with Gasteiger partial charge in [0, 0.05) is 12.8 Å². The molecule has 1 unspecified atom stereocenters. The van der Waals surface area contributed by atoms with Gasteiger partial charge in [0.05, 0.1) is 28.7 Å². The zero-order valence-electron chi connectivity index (χ0n) is 13.3. The van der Waals surface area contributed by atoms with Gasteiger partial charge in [-0.15, -0.1) is 0 Å². The van der Waals surface area contributed by atoms with E-state index in [1.165, 1.54) is 6.42 Å². The van der Waals surface area contributed by atoms with E-state index in [1.807, 2.05) is 27.7 Å². The topological polar surface area (TPSA) is 53.5 Å². The SMILES string of the molecule is CC1(C)OB(c2cnc(C3CCCCO3)cn2)OC1(C)C. The van der Waals surface area contributed by atoms with Crippen molar-refractivity contribution in [2.75, 3.05) is 6.61 Å². The van der Waals surface area contributed by atoms with Crippen LogP contribution in [0.15, 0.2) is 12.4 Å². The molecule has 0 aromatic carbocycles. The van der Waals surface area contributed by atoms with E-state index in [4.69, 9.17) is 14.0 Å². The second kappa shape index (κ2) is 5.34. The molecule has 3 heterocycles. The average Bonchev–Trinajstić information content (AvgIpc) is 2.69. The van der Waals surface area contributed by atoms with Gasteiger partial charge in [-0.3, -0.25) is 9.97 Å². The molecule has 0 radical (unpaired) electrons. The molecule has 0 N–H and O–H groups in total. The third-order valence-electron chi connectivity index (χ3n) is 4.70. The van der Waals surface area contributed by atoms with Crippen molar-refractivity contribution < 1.29 is 14.0 Å². The summed E-state index contributed by atoms with van der Waals surface area (Å²) in [7, 11) is -0.455. The van der Waals surface area contributed by atoms with Crippen LogP contribution in [0, 0.1) is 0 Å². The van der Waals surface area contributed by atoms with Crippen molar-refractivity contribution in [2.24, 2.45) is 0 Å². The normalized spacial score (nSPS) is 27.8. The Labute approximate surface area is 126 Å². The van der Waals surface area contributed by atoms with Gasteiger partial charge >= 0.3 is 7.12 Å². The van der Waals surface area contributed by atoms with E-state index in [9.17, 15) is 0 Å². The number of hydrogen-bond acceptors (Lipinski definition) is 5. The highest BCUT2D eigenvalue weighted by Crippen LogP contribution is 2.36. The summed E-state index contributed by atoms with van der Waals surface area (Å²) < 4.78 is 17.7. The Morgan fingerprint density at radius 3 is 2.29 bits per heavy atom. The van der Waals surface area contributed by atoms with Crippen LogP contribution in [-0.4, -0.2) is 34.9 Å². The maximum absolute atomic E-state index is 5.98. The minimum atomic E-state index is -0.455. The van der Waals surface area contributed by atoms with Crippen LogP contribution < -0.4 is 5.59 Å². The summed E-state index contributed by atoms with van der Waals surface area (Å²) in [6, 6.07) is 0. The molecule has 1 aromatic rings. The molecule has 0 spiro atoms. The summed E-state index contributed by atoms with van der Waals surface area (Å²) in [6.45, 7) is 8.94. The van der Waals surface area contributed by atoms with Crippen LogP contribution in [0.1, 0.15) is 58.8 Å². The molecule has 2 saturated heterocycles. The molecule has 2 aliphatic heterocycles. The molecule has 0 amide bonds. The Kier molecular flexibility index (Phi) is 3.80. The molecule has 0 aliphatic carbocycles. The highest BCUT2D eigenvalue weighted by Gasteiger charge is 2.52. The molecule has 2 aliphatic rings. The standard InChI is InChI=1S/C15H23BN2O3/c1-14(2)15(3,4)21-16(20-14)13-10-17-11(9-18-13)12-7-5-6-8-19-12/h9-10,12H,5-8H2,1-4H3. The first-order valence-electron chi connectivity index (χ1n) is 7.68. The van der Waals surface area contributed by atoms with Crippen molar-refractivity contribution in [2.45, 2.75) is 64.3 Å². The maximum atomic E-state index is 5.98. The van der Waals surface area contributed by atoms with Gasteiger partial charge < -0.3 is 14.0 Å². The monoisotopic (exact) mass is 290 g/mol. The van der Waals surface area contributed by atoms with Crippen molar-refractivity contribution >= 4 is 12.7 Å². The predicted molar refractivity (Wildman–Crippen MR) is 80.3 cm³/mol. The Morgan fingerprint density at radius 1 is 1.05 bits per heavy atom. The molecule has 114 valence electrons. The predicted octanol–water partition coefficient (Wildman–Crippen LogP) is 2.02. The number of ether oxygens (including phenoxy) is 1. The molecule has 1 aromatic heterocycles. The minimum absolute atomic E-state index is 0.0820. The first kappa shape index (κ1) is 14.9. The van der Waals surface area contributed by atoms with E-state index in [2.05, 4.69) is 9.97 Å². The Morgan fingerprint density at radius 2 is 1.76 bits per heavy atom. The van der Waals surface area contributed by atoms with Crippen LogP contribution in [0.3, 0.4) is 0 Å². The highest BCUT2D eigenvalue weighted by molar-refractivity contribution is 6.61. The summed E-state index contributed by atoms with van der Waals surface area (Å²) in [5, 5.41) is 0. The van der Waals surface area contributed by atoms with Crippen LogP contribution in [0.4, 0.5) is 0 Å². The van der Waals surface area contributed by atoms with Gasteiger partial charge in [0.2, 0.25) is 0 Å². The van der Waals surface area contributed by atoms with Crippen molar-refractivity contribution in [1.82, 2.24) is 9.97 Å². The van der Waals surface area contributed by atoms with Crippen molar-refractivity contribution in [3.05, 3.63) is 18.1 Å². The average molecular weight is 290 g/mol. The smallest absolute Gasteiger partial charge is 0.398 e. The van der Waals surface area contributed by atoms with E-state index in [1.54, 1.807) is 12.4 Å². The van der Waals surface area contributed by atoms with E-state index in [-0.39, 0.29) is 17.3 Å². The van der Waals surface area contributed by atoms with Crippen LogP contribution in [0.2, 0.25) is 0 Å². The fraction of sp³-hybridized carbons (Fsp3) is 0.733. The number of aromatic nitrogens is 2. The van der Waals surface area contributed by atoms with Gasteiger partial charge in [-0.2, -0.15) is 0 Å². The Balaban J connectivity index is 1.73. The molecule has 2 fully saturated rings. The van der Waals surface area contributed by atoms with Gasteiger partial charge in [0.1, 0.15) is 6.10 Å². The van der Waals surface area contributed by atoms with E-state index in [0.717, 1.165) is 25.1 Å². The minimum Gasteiger partial charge on any atom is -0.398 e. The summed E-state index contributed by atoms with van der Waals surface area (Å²) in [5.74, 6) is 0. The lowest BCUT2D eigenvalue weighted by atomic mass is 9.85. The highest BCUT2D eigenvalue weighted by atomic mass is 16.7. The molecule has 1 atom stereocenters. The molecule has 3 rings (SSSR count). The third-order valence-corrected chi connectivity index (χ3v) is 4.70. The van der Waals surface area contributed by atoms with Gasteiger partial charge in [-0.25, -0.2) is 0 Å². The third kappa shape index (κ3) is 2.85. The summed E-state index contributed by atoms with van der Waals surface area (Å²) in [5.41, 5.74) is 0.901. The van der Waals surface area contributed by atoms with Crippen LogP contribution in [-0.2, 0) is 14.0 Å². The second-order valence-electron chi connectivity index (χ2n) is 6.81. The Hall–Kier alpha value is -0.975. The van der Waals surface area contributed by atoms with Gasteiger partial charge in [-0.1, -0.05) is 0 Å². The number of hydrogen-bond donors (Lipinski definition) is 0. The Bertz CT molecular complexity index is 482. The van der Waals surface area contributed by atoms with Gasteiger partial charge in [0.25, 0.3) is 0 Å². The fourth-order valence-electron chi connectivity index (χ4n) is 2.57. The first-order valence-corrected chi connectivity index (χ1v) is 7.68. The molecule has 0 saturated carbocycles. The molecule has 6 heteroatoms. The number of rotatable bonds is 2. The van der Waals surface area contributed by atoms with Crippen LogP contribution >= 0.6 is 0 Å². The van der Waals surface area contributed by atoms with Crippen molar-refractivity contribution in [3.63, 3.8) is 0 Å². The van der Waals surface area contributed by atoms with Crippen LogP contribution in [0.5, 0.6) is 0 Å². The summed E-state index contributed by atoms with van der Waals surface area (Å²) in [4.78, 5) is 8.97. The largest absolute Gasteiger partial charge is 0.516 e. The van der Waals surface area contributed by atoms with Crippen LogP contribution in [0.25, 0.3) is 0 Å². The zero-order chi connectivity index (χ0) is 15.1. The van der Waals surface area contributed by atoms with Gasteiger partial charge in [-0.05, 0) is 47.0 Å². The van der Waals surface area contributed by atoms with E-state index >= 15 is 0 Å². The quantitative estimate of drug-likeness (QED) is 0.780. The second-order valence-corrected chi connectivity index (χ2v) is 6.81. The lowest BCUT2D eigenvalue weighted by Crippen LogP contribution is -2.41. The van der Waals surface area contributed by atoms with Crippen molar-refractivity contribution in [3.8, 4) is 0 Å². The maximum Gasteiger partial charge on any atom is 0.516 e. The first-order chi connectivity index (χ1) is 9.89. The molecule has 21 heavy (non-hydrogen) atoms.